The van der Waals surface area contributed by atoms with E-state index >= 15 is 0 Å². The van der Waals surface area contributed by atoms with E-state index in [1.54, 1.807) is 25.3 Å². The topological polar surface area (TPSA) is 78.2 Å². The van der Waals surface area contributed by atoms with Crippen molar-refractivity contribution in [2.75, 3.05) is 13.7 Å². The zero-order valence-corrected chi connectivity index (χ0v) is 11.0. The molecule has 0 aliphatic carbocycles. The predicted molar refractivity (Wildman–Crippen MR) is 70.8 cm³/mol. The van der Waals surface area contributed by atoms with E-state index < -0.39 is 0 Å². The fourth-order valence-corrected chi connectivity index (χ4v) is 1.93. The van der Waals surface area contributed by atoms with Gasteiger partial charge in [0.05, 0.1) is 13.2 Å². The van der Waals surface area contributed by atoms with Gasteiger partial charge in [0.15, 0.2) is 0 Å². The van der Waals surface area contributed by atoms with E-state index in [1.807, 2.05) is 0 Å². The first-order chi connectivity index (χ1) is 8.72. The van der Waals surface area contributed by atoms with Gasteiger partial charge in [0, 0.05) is 22.1 Å². The number of hydrogen-bond acceptors (Lipinski definition) is 3. The van der Waals surface area contributed by atoms with Crippen LogP contribution in [-0.2, 0) is 0 Å². The molecule has 0 fully saturated rings. The van der Waals surface area contributed by atoms with Crippen LogP contribution in [0, 0.1) is 0 Å². The van der Waals surface area contributed by atoms with Crippen LogP contribution in [0.2, 0.25) is 5.02 Å². The third-order valence-electron chi connectivity index (χ3n) is 2.63. The highest BCUT2D eigenvalue weighted by atomic mass is 35.5. The van der Waals surface area contributed by atoms with Crippen molar-refractivity contribution in [3.8, 4) is 5.75 Å². The molecule has 0 aromatic heterocycles. The lowest BCUT2D eigenvalue weighted by Gasteiger charge is -2.15. The van der Waals surface area contributed by atoms with Gasteiger partial charge in [-0.2, -0.15) is 0 Å². The summed E-state index contributed by atoms with van der Waals surface area (Å²) in [5, 5.41) is 13.1. The van der Waals surface area contributed by atoms with Crippen LogP contribution in [0.4, 0.5) is 0 Å². The number of unbranched alkanes of at least 4 members (excludes halogenated alkanes) is 1. The van der Waals surface area contributed by atoms with Gasteiger partial charge in [-0.15, -0.1) is 0 Å². The Morgan fingerprint density at radius 2 is 2.28 bits per heavy atom. The van der Waals surface area contributed by atoms with Crippen LogP contribution in [0.1, 0.15) is 30.9 Å². The van der Waals surface area contributed by atoms with Gasteiger partial charge in [-0.1, -0.05) is 23.1 Å². The number of ether oxygens (including phenoxy) is 1. The second-order valence-electron chi connectivity index (χ2n) is 3.83. The van der Waals surface area contributed by atoms with Crippen molar-refractivity contribution in [3.05, 3.63) is 39.2 Å². The lowest BCUT2D eigenvalue weighted by atomic mass is 10.0. The summed E-state index contributed by atoms with van der Waals surface area (Å²) in [5.41, 5.74) is 9.40. The molecule has 0 spiro atoms. The van der Waals surface area contributed by atoms with E-state index in [-0.39, 0.29) is 12.6 Å². The summed E-state index contributed by atoms with van der Waals surface area (Å²) in [6.45, 7) is 0.135. The predicted octanol–water partition coefficient (Wildman–Crippen LogP) is 3.86. The lowest BCUT2D eigenvalue weighted by Crippen LogP contribution is -1.99. The van der Waals surface area contributed by atoms with Crippen molar-refractivity contribution in [1.29, 1.82) is 0 Å². The average Bonchev–Trinajstić information content (AvgIpc) is 2.38. The highest BCUT2D eigenvalue weighted by molar-refractivity contribution is 6.30. The van der Waals surface area contributed by atoms with Gasteiger partial charge in [-0.05, 0) is 36.6 Å². The second kappa shape index (κ2) is 7.82. The Bertz CT molecular complexity index is 433. The maximum Gasteiger partial charge on any atom is 0.122 e. The van der Waals surface area contributed by atoms with E-state index in [2.05, 4.69) is 10.0 Å². The smallest absolute Gasteiger partial charge is 0.122 e. The Labute approximate surface area is 111 Å². The van der Waals surface area contributed by atoms with E-state index in [0.29, 0.717) is 23.6 Å². The molecule has 0 amide bonds. The lowest BCUT2D eigenvalue weighted by molar-refractivity contribution is 0.281. The molecular formula is C12H16ClN3O2. The summed E-state index contributed by atoms with van der Waals surface area (Å²) < 4.78 is 5.24. The number of benzene rings is 1. The number of aliphatic hydroxyl groups excluding tert-OH is 1. The number of methoxy groups -OCH3 is 1. The number of halogens is 1. The van der Waals surface area contributed by atoms with E-state index in [4.69, 9.17) is 27.0 Å². The SMILES string of the molecule is COc1ccc(Cl)cc1C(CCCCO)N=[N+]=[N-]. The van der Waals surface area contributed by atoms with Crippen LogP contribution < -0.4 is 4.74 Å². The van der Waals surface area contributed by atoms with Gasteiger partial charge in [0.2, 0.25) is 0 Å². The molecule has 1 atom stereocenters. The molecule has 1 rings (SSSR count). The fourth-order valence-electron chi connectivity index (χ4n) is 1.75. The van der Waals surface area contributed by atoms with Gasteiger partial charge >= 0.3 is 0 Å². The molecule has 0 aliphatic rings. The zero-order chi connectivity index (χ0) is 13.4. The first kappa shape index (κ1) is 14.6. The summed E-state index contributed by atoms with van der Waals surface area (Å²) in [4.78, 5) is 2.86. The summed E-state index contributed by atoms with van der Waals surface area (Å²) in [7, 11) is 1.56. The van der Waals surface area contributed by atoms with Crippen LogP contribution in [0.5, 0.6) is 5.75 Å². The number of rotatable bonds is 7. The van der Waals surface area contributed by atoms with Crippen molar-refractivity contribution >= 4 is 11.6 Å². The van der Waals surface area contributed by atoms with Gasteiger partial charge < -0.3 is 9.84 Å². The first-order valence-electron chi connectivity index (χ1n) is 5.71. The van der Waals surface area contributed by atoms with Crippen molar-refractivity contribution < 1.29 is 9.84 Å². The van der Waals surface area contributed by atoms with Crippen molar-refractivity contribution in [2.45, 2.75) is 25.3 Å². The maximum absolute atomic E-state index is 8.78. The zero-order valence-electron chi connectivity index (χ0n) is 10.2. The van der Waals surface area contributed by atoms with Crippen molar-refractivity contribution in [2.24, 2.45) is 5.11 Å². The van der Waals surface area contributed by atoms with Crippen LogP contribution in [0.3, 0.4) is 0 Å². The Morgan fingerprint density at radius 3 is 2.89 bits per heavy atom. The summed E-state index contributed by atoms with van der Waals surface area (Å²) in [5.74, 6) is 0.654. The fraction of sp³-hybridized carbons (Fsp3) is 0.500. The Hall–Kier alpha value is -1.42. The summed E-state index contributed by atoms with van der Waals surface area (Å²) in [6.07, 6.45) is 2.11. The van der Waals surface area contributed by atoms with E-state index in [0.717, 1.165) is 12.0 Å². The quantitative estimate of drug-likeness (QED) is 0.353. The third kappa shape index (κ3) is 4.11. The largest absolute Gasteiger partial charge is 0.496 e. The molecule has 0 radical (unpaired) electrons. The number of aliphatic hydroxyl groups is 1. The Kier molecular flexibility index (Phi) is 6.36. The minimum absolute atomic E-state index is 0.135. The number of azide groups is 1. The summed E-state index contributed by atoms with van der Waals surface area (Å²) in [6, 6.07) is 4.91. The van der Waals surface area contributed by atoms with Crippen LogP contribution in [0.25, 0.3) is 10.4 Å². The molecule has 1 aromatic rings. The molecule has 6 heteroatoms. The molecule has 1 N–H and O–H groups in total. The molecule has 0 saturated carbocycles. The number of hydrogen-bond donors (Lipinski definition) is 1. The van der Waals surface area contributed by atoms with Crippen LogP contribution >= 0.6 is 11.6 Å². The van der Waals surface area contributed by atoms with Gasteiger partial charge in [0.25, 0.3) is 0 Å². The highest BCUT2D eigenvalue weighted by Crippen LogP contribution is 2.33. The summed E-state index contributed by atoms with van der Waals surface area (Å²) >= 11 is 5.95. The molecular weight excluding hydrogens is 254 g/mol. The molecule has 0 bridgehead atoms. The van der Waals surface area contributed by atoms with Gasteiger partial charge in [-0.3, -0.25) is 0 Å². The van der Waals surface area contributed by atoms with E-state index in [9.17, 15) is 0 Å². The van der Waals surface area contributed by atoms with E-state index in [1.165, 1.54) is 0 Å². The van der Waals surface area contributed by atoms with Crippen LogP contribution in [-0.4, -0.2) is 18.8 Å². The van der Waals surface area contributed by atoms with Gasteiger partial charge in [0.1, 0.15) is 5.75 Å². The monoisotopic (exact) mass is 269 g/mol. The minimum Gasteiger partial charge on any atom is -0.496 e. The molecule has 5 nitrogen and oxygen atoms in total. The van der Waals surface area contributed by atoms with Crippen molar-refractivity contribution in [1.82, 2.24) is 0 Å². The molecule has 0 heterocycles. The first-order valence-corrected chi connectivity index (χ1v) is 6.09. The average molecular weight is 270 g/mol. The number of nitrogens with zero attached hydrogens (tertiary/aromatic N) is 3. The molecule has 1 unspecified atom stereocenters. The molecule has 0 aliphatic heterocycles. The van der Waals surface area contributed by atoms with Crippen molar-refractivity contribution in [3.63, 3.8) is 0 Å². The second-order valence-corrected chi connectivity index (χ2v) is 4.26. The van der Waals surface area contributed by atoms with Gasteiger partial charge in [-0.25, -0.2) is 0 Å². The normalized spacial score (nSPS) is 11.7. The molecule has 98 valence electrons. The molecule has 0 saturated heterocycles. The highest BCUT2D eigenvalue weighted by Gasteiger charge is 2.15. The Balaban J connectivity index is 2.96. The van der Waals surface area contributed by atoms with Crippen LogP contribution in [0.15, 0.2) is 23.3 Å². The maximum atomic E-state index is 8.78. The third-order valence-corrected chi connectivity index (χ3v) is 2.86. The molecule has 1 aromatic carbocycles. The standard InChI is InChI=1S/C12H16ClN3O2/c1-18-12-6-5-9(13)8-10(12)11(15-16-14)4-2-3-7-17/h5-6,8,11,17H,2-4,7H2,1H3. The minimum atomic E-state index is -0.324. The Morgan fingerprint density at radius 1 is 1.50 bits per heavy atom. The molecule has 18 heavy (non-hydrogen) atoms.